The minimum atomic E-state index is 0.569. The Morgan fingerprint density at radius 2 is 1.83 bits per heavy atom. The van der Waals surface area contributed by atoms with Gasteiger partial charge < -0.3 is 5.32 Å². The quantitative estimate of drug-likeness (QED) is 0.573. The molecule has 0 aromatic heterocycles. The molecule has 1 nitrogen and oxygen atoms in total. The largest absolute Gasteiger partial charge is 0.310 e. The van der Waals surface area contributed by atoms with Gasteiger partial charge in [0.15, 0.2) is 0 Å². The molecule has 64 valence electrons. The maximum absolute atomic E-state index is 3.52. The summed E-state index contributed by atoms with van der Waals surface area (Å²) in [5.74, 6) is 0.708. The average molecular weight is 161 g/mol. The molecule has 0 bridgehead atoms. The summed E-state index contributed by atoms with van der Waals surface area (Å²) in [6.07, 6.45) is 15.7. The number of hydrogen-bond donors (Lipinski definition) is 1. The Balaban J connectivity index is 2.15. The van der Waals surface area contributed by atoms with E-state index < -0.39 is 0 Å². The first kappa shape index (κ1) is 7.81. The molecule has 2 atom stereocenters. The van der Waals surface area contributed by atoms with Gasteiger partial charge in [-0.3, -0.25) is 0 Å². The fraction of sp³-hybridized carbons (Fsp3) is 0.455. The standard InChI is InChI=1S/C11H15N/c1-2-4-8-11-10(6-3-1)7-5-9-12-11/h1-4,6,8,10-12H,5,7,9H2/b2-1?,6-3?,8-4-. The highest BCUT2D eigenvalue weighted by Gasteiger charge is 2.19. The third-order valence-electron chi connectivity index (χ3n) is 2.57. The van der Waals surface area contributed by atoms with Gasteiger partial charge in [-0.1, -0.05) is 36.5 Å². The van der Waals surface area contributed by atoms with E-state index >= 15 is 0 Å². The molecule has 1 heteroatoms. The van der Waals surface area contributed by atoms with Gasteiger partial charge in [-0.15, -0.1) is 0 Å². The number of allylic oxidation sites excluding steroid dienone is 4. The highest BCUT2D eigenvalue weighted by molar-refractivity contribution is 5.19. The van der Waals surface area contributed by atoms with Gasteiger partial charge in [0.05, 0.1) is 0 Å². The zero-order valence-corrected chi connectivity index (χ0v) is 7.24. The number of nitrogens with one attached hydrogen (secondary N) is 1. The molecule has 0 aromatic carbocycles. The molecule has 12 heavy (non-hydrogen) atoms. The van der Waals surface area contributed by atoms with Gasteiger partial charge in [-0.2, -0.15) is 0 Å². The highest BCUT2D eigenvalue weighted by Crippen LogP contribution is 2.19. The summed E-state index contributed by atoms with van der Waals surface area (Å²) in [6.45, 7) is 1.17. The van der Waals surface area contributed by atoms with Crippen LogP contribution in [0.1, 0.15) is 12.8 Å². The van der Waals surface area contributed by atoms with Crippen LogP contribution >= 0.6 is 0 Å². The summed E-state index contributed by atoms with van der Waals surface area (Å²) in [5, 5.41) is 3.52. The Kier molecular flexibility index (Phi) is 2.42. The van der Waals surface area contributed by atoms with E-state index in [-0.39, 0.29) is 0 Å². The van der Waals surface area contributed by atoms with Crippen molar-refractivity contribution in [2.24, 2.45) is 5.92 Å². The molecule has 0 aromatic rings. The van der Waals surface area contributed by atoms with E-state index in [1.54, 1.807) is 0 Å². The van der Waals surface area contributed by atoms with E-state index in [2.05, 4.69) is 41.8 Å². The summed E-state index contributed by atoms with van der Waals surface area (Å²) in [7, 11) is 0. The van der Waals surface area contributed by atoms with Gasteiger partial charge in [0.1, 0.15) is 0 Å². The van der Waals surface area contributed by atoms with Crippen LogP contribution in [0.3, 0.4) is 0 Å². The third-order valence-corrected chi connectivity index (χ3v) is 2.57. The molecule has 2 aliphatic rings. The summed E-state index contributed by atoms with van der Waals surface area (Å²) in [5.41, 5.74) is 0. The predicted molar refractivity (Wildman–Crippen MR) is 51.9 cm³/mol. The smallest absolute Gasteiger partial charge is 0.0316 e. The van der Waals surface area contributed by atoms with E-state index in [9.17, 15) is 0 Å². The first-order chi connectivity index (χ1) is 5.97. The van der Waals surface area contributed by atoms with E-state index in [0.29, 0.717) is 12.0 Å². The van der Waals surface area contributed by atoms with Crippen molar-refractivity contribution in [2.75, 3.05) is 6.54 Å². The van der Waals surface area contributed by atoms with E-state index in [1.165, 1.54) is 19.4 Å². The van der Waals surface area contributed by atoms with Gasteiger partial charge in [0.2, 0.25) is 0 Å². The zero-order valence-electron chi connectivity index (χ0n) is 7.24. The van der Waals surface area contributed by atoms with Crippen LogP contribution in [-0.4, -0.2) is 12.6 Å². The molecular formula is C11H15N. The second kappa shape index (κ2) is 3.72. The molecule has 1 N–H and O–H groups in total. The summed E-state index contributed by atoms with van der Waals surface area (Å²) in [6, 6.07) is 0.569. The lowest BCUT2D eigenvalue weighted by molar-refractivity contribution is 0.375. The second-order valence-electron chi connectivity index (χ2n) is 3.44. The van der Waals surface area contributed by atoms with Crippen LogP contribution in [0.4, 0.5) is 0 Å². The molecular weight excluding hydrogens is 146 g/mol. The number of fused-ring (bicyclic) bond motifs is 1. The maximum atomic E-state index is 3.52. The Hall–Kier alpha value is -0.820. The normalized spacial score (nSPS) is 36.7. The molecule has 0 spiro atoms. The monoisotopic (exact) mass is 161 g/mol. The van der Waals surface area contributed by atoms with Crippen LogP contribution in [0, 0.1) is 5.92 Å². The van der Waals surface area contributed by atoms with E-state index in [0.717, 1.165) is 0 Å². The minimum Gasteiger partial charge on any atom is -0.310 e. The summed E-state index contributed by atoms with van der Waals surface area (Å²) < 4.78 is 0. The van der Waals surface area contributed by atoms with Crippen LogP contribution in [0.2, 0.25) is 0 Å². The molecule has 1 saturated heterocycles. The topological polar surface area (TPSA) is 12.0 Å². The molecule has 0 saturated carbocycles. The van der Waals surface area contributed by atoms with Crippen LogP contribution < -0.4 is 5.32 Å². The zero-order chi connectivity index (χ0) is 8.23. The predicted octanol–water partition coefficient (Wildman–Crippen LogP) is 2.04. The van der Waals surface area contributed by atoms with Gasteiger partial charge in [0.25, 0.3) is 0 Å². The van der Waals surface area contributed by atoms with Gasteiger partial charge in [0, 0.05) is 6.04 Å². The SMILES string of the molecule is C1=C/C=C\C2NCCCC2C=C1. The fourth-order valence-corrected chi connectivity index (χ4v) is 1.88. The van der Waals surface area contributed by atoms with Crippen molar-refractivity contribution in [3.8, 4) is 0 Å². The van der Waals surface area contributed by atoms with Gasteiger partial charge >= 0.3 is 0 Å². The number of rotatable bonds is 0. The Morgan fingerprint density at radius 3 is 2.75 bits per heavy atom. The van der Waals surface area contributed by atoms with Crippen molar-refractivity contribution in [1.29, 1.82) is 0 Å². The summed E-state index contributed by atoms with van der Waals surface area (Å²) in [4.78, 5) is 0. The number of piperidine rings is 1. The lowest BCUT2D eigenvalue weighted by Crippen LogP contribution is -2.39. The highest BCUT2D eigenvalue weighted by atomic mass is 14.9. The van der Waals surface area contributed by atoms with Crippen LogP contribution in [-0.2, 0) is 0 Å². The third kappa shape index (κ3) is 1.67. The minimum absolute atomic E-state index is 0.569. The van der Waals surface area contributed by atoms with Crippen molar-refractivity contribution in [1.82, 2.24) is 5.32 Å². The van der Waals surface area contributed by atoms with Crippen molar-refractivity contribution in [3.63, 3.8) is 0 Å². The molecule has 0 radical (unpaired) electrons. The van der Waals surface area contributed by atoms with Crippen molar-refractivity contribution >= 4 is 0 Å². The first-order valence-electron chi connectivity index (χ1n) is 4.72. The van der Waals surface area contributed by atoms with E-state index in [4.69, 9.17) is 0 Å². The second-order valence-corrected chi connectivity index (χ2v) is 3.44. The molecule has 1 heterocycles. The van der Waals surface area contributed by atoms with Crippen molar-refractivity contribution in [3.05, 3.63) is 36.5 Å². The molecule has 0 amide bonds. The first-order valence-corrected chi connectivity index (χ1v) is 4.72. The average Bonchev–Trinajstić information content (AvgIpc) is 2.06. The fourth-order valence-electron chi connectivity index (χ4n) is 1.88. The van der Waals surface area contributed by atoms with Gasteiger partial charge in [-0.25, -0.2) is 0 Å². The lowest BCUT2D eigenvalue weighted by atomic mass is 9.89. The molecule has 2 unspecified atom stereocenters. The Bertz CT molecular complexity index is 201. The van der Waals surface area contributed by atoms with Crippen LogP contribution in [0.25, 0.3) is 0 Å². The van der Waals surface area contributed by atoms with Gasteiger partial charge in [-0.05, 0) is 25.3 Å². The molecule has 1 aliphatic heterocycles. The van der Waals surface area contributed by atoms with Crippen molar-refractivity contribution in [2.45, 2.75) is 18.9 Å². The Labute approximate surface area is 73.9 Å². The Morgan fingerprint density at radius 1 is 1.00 bits per heavy atom. The molecule has 1 fully saturated rings. The molecule has 2 rings (SSSR count). The van der Waals surface area contributed by atoms with Crippen LogP contribution in [0.5, 0.6) is 0 Å². The van der Waals surface area contributed by atoms with Crippen molar-refractivity contribution < 1.29 is 0 Å². The lowest BCUT2D eigenvalue weighted by Gasteiger charge is -2.28. The maximum Gasteiger partial charge on any atom is 0.0316 e. The van der Waals surface area contributed by atoms with Crippen LogP contribution in [0.15, 0.2) is 36.5 Å². The van der Waals surface area contributed by atoms with E-state index in [1.807, 2.05) is 0 Å². The number of hydrogen-bond acceptors (Lipinski definition) is 1. The molecule has 1 aliphatic carbocycles. The summed E-state index contributed by atoms with van der Waals surface area (Å²) >= 11 is 0.